The monoisotopic (exact) mass is 490 g/mol. The van der Waals surface area contributed by atoms with E-state index >= 15 is 0 Å². The van der Waals surface area contributed by atoms with E-state index in [1.807, 2.05) is 34.6 Å². The fourth-order valence-corrected chi connectivity index (χ4v) is 1.77. The van der Waals surface area contributed by atoms with Crippen molar-refractivity contribution in [3.05, 3.63) is 0 Å². The molecule has 4 atom stereocenters. The van der Waals surface area contributed by atoms with Crippen molar-refractivity contribution in [2.75, 3.05) is 46.2 Å². The average molecular weight is 491 g/mol. The van der Waals surface area contributed by atoms with Gasteiger partial charge in [0.2, 0.25) is 0 Å². The van der Waals surface area contributed by atoms with E-state index in [2.05, 4.69) is 0 Å². The molecule has 0 saturated heterocycles. The highest BCUT2D eigenvalue weighted by atomic mass is 16.5. The van der Waals surface area contributed by atoms with E-state index in [9.17, 15) is 15.3 Å². The molecule has 0 saturated carbocycles. The number of hydrogen-bond acceptors (Lipinski definition) is 9. The van der Waals surface area contributed by atoms with Crippen molar-refractivity contribution in [3.63, 3.8) is 0 Å². The molecule has 0 heterocycles. The third-order valence-electron chi connectivity index (χ3n) is 4.83. The minimum atomic E-state index is -0.509. The lowest BCUT2D eigenvalue weighted by atomic mass is 9.88. The number of ether oxygens (including phenoxy) is 2. The highest BCUT2D eigenvalue weighted by molar-refractivity contribution is 4.77. The van der Waals surface area contributed by atoms with E-state index in [4.69, 9.17) is 29.9 Å². The van der Waals surface area contributed by atoms with Crippen LogP contribution >= 0.6 is 0 Å². The van der Waals surface area contributed by atoms with Gasteiger partial charge >= 0.3 is 0 Å². The van der Waals surface area contributed by atoms with Gasteiger partial charge in [-0.15, -0.1) is 0 Å². The molecule has 0 spiro atoms. The van der Waals surface area contributed by atoms with E-state index in [1.54, 1.807) is 0 Å². The first-order chi connectivity index (χ1) is 14.6. The summed E-state index contributed by atoms with van der Waals surface area (Å²) in [6, 6.07) is 0. The molecule has 9 nitrogen and oxygen atoms in total. The van der Waals surface area contributed by atoms with Crippen molar-refractivity contribution in [2.45, 2.75) is 106 Å². The Morgan fingerprint density at radius 3 is 1.03 bits per heavy atom. The normalized spacial score (nSPS) is 15.6. The Kier molecular flexibility index (Phi) is 38.5. The molecule has 0 amide bonds. The van der Waals surface area contributed by atoms with Crippen molar-refractivity contribution in [2.24, 2.45) is 5.41 Å². The zero-order chi connectivity index (χ0) is 24.7. The summed E-state index contributed by atoms with van der Waals surface area (Å²) >= 11 is 0. The molecule has 0 bridgehead atoms. The fourth-order valence-electron chi connectivity index (χ4n) is 1.77. The highest BCUT2D eigenvalue weighted by Crippen LogP contribution is 2.22. The Labute approximate surface area is 203 Å². The Morgan fingerprint density at radius 1 is 0.576 bits per heavy atom. The number of aliphatic hydroxyl groups excluding tert-OH is 7. The Morgan fingerprint density at radius 2 is 0.879 bits per heavy atom. The predicted octanol–water partition coefficient (Wildman–Crippen LogP) is 1.72. The van der Waals surface area contributed by atoms with E-state index < -0.39 is 29.8 Å². The van der Waals surface area contributed by atoms with Gasteiger partial charge in [-0.05, 0) is 32.1 Å². The summed E-state index contributed by atoms with van der Waals surface area (Å²) in [5.41, 5.74) is -0.457. The smallest absolute Gasteiger partial charge is 0.0771 e. The quantitative estimate of drug-likeness (QED) is 0.171. The summed E-state index contributed by atoms with van der Waals surface area (Å²) in [5, 5.41) is 61.4. The molecule has 33 heavy (non-hydrogen) atoms. The lowest BCUT2D eigenvalue weighted by molar-refractivity contribution is -0.0799. The maximum absolute atomic E-state index is 9.54. The molecule has 7 N–H and O–H groups in total. The average Bonchev–Trinajstić information content (AvgIpc) is 2.82. The van der Waals surface area contributed by atoms with Crippen molar-refractivity contribution in [1.29, 1.82) is 0 Å². The van der Waals surface area contributed by atoms with Crippen LogP contribution in [0.1, 0.15) is 81.6 Å². The van der Waals surface area contributed by atoms with E-state index in [0.29, 0.717) is 45.3 Å². The summed E-state index contributed by atoms with van der Waals surface area (Å²) in [4.78, 5) is 0. The molecule has 0 aromatic carbocycles. The van der Waals surface area contributed by atoms with Crippen LogP contribution in [-0.2, 0) is 9.47 Å². The molecule has 208 valence electrons. The van der Waals surface area contributed by atoms with Gasteiger partial charge in [-0.25, -0.2) is 0 Å². The van der Waals surface area contributed by atoms with Gasteiger partial charge in [-0.3, -0.25) is 0 Å². The molecule has 4 unspecified atom stereocenters. The first-order valence-corrected chi connectivity index (χ1v) is 11.4. The molecule has 0 radical (unpaired) electrons. The third kappa shape index (κ3) is 27.8. The zero-order valence-electron chi connectivity index (χ0n) is 20.2. The fraction of sp³-hybridized carbons (Fsp3) is 1.00. The minimum Gasteiger partial charge on any atom is -0.396 e. The number of aliphatic hydroxyl groups is 7. The second-order valence-electron chi connectivity index (χ2n) is 7.66. The van der Waals surface area contributed by atoms with Crippen LogP contribution in [0.4, 0.5) is 0 Å². The van der Waals surface area contributed by atoms with Crippen LogP contribution in [0.3, 0.4) is 0 Å². The van der Waals surface area contributed by atoms with Crippen LogP contribution in [0.5, 0.6) is 0 Å². The minimum absolute atomic E-state index is 0. The van der Waals surface area contributed by atoms with Gasteiger partial charge in [-0.2, -0.15) is 0 Å². The molecule has 0 rings (SSSR count). The maximum atomic E-state index is 9.54. The van der Waals surface area contributed by atoms with Gasteiger partial charge in [0.15, 0.2) is 0 Å². The SMILES string of the molecule is C.C.CCC(O)CO.CCC(O)CO.CCC(O)COCC(CC)(CO)COCC(O)CC. The van der Waals surface area contributed by atoms with Gasteiger partial charge in [0, 0.05) is 5.41 Å². The molecule has 0 fully saturated rings. The van der Waals surface area contributed by atoms with E-state index in [0.717, 1.165) is 0 Å². The molecule has 0 aliphatic heterocycles. The number of hydrogen-bond donors (Lipinski definition) is 7. The molecule has 0 aromatic rings. The molecular weight excluding hydrogens is 432 g/mol. The predicted molar refractivity (Wildman–Crippen MR) is 134 cm³/mol. The van der Waals surface area contributed by atoms with Crippen LogP contribution in [0, 0.1) is 5.41 Å². The summed E-state index contributed by atoms with van der Waals surface area (Å²) < 4.78 is 10.9. The standard InChI is InChI=1S/C14H30O5.2C4H10O2.2CH4/c1-4-12(16)7-18-10-14(6-3,9-15)11-19-8-13(17)5-2;2*1-2-4(6)3-5;;/h12-13,15-17H,4-11H2,1-3H3;2*4-6H,2-3H2,1H3;2*1H4. The van der Waals surface area contributed by atoms with Crippen LogP contribution in [-0.4, -0.2) is 106 Å². The zero-order valence-corrected chi connectivity index (χ0v) is 20.2. The van der Waals surface area contributed by atoms with Crippen LogP contribution in [0.15, 0.2) is 0 Å². The van der Waals surface area contributed by atoms with Gasteiger partial charge in [0.25, 0.3) is 0 Å². The van der Waals surface area contributed by atoms with Crippen molar-refractivity contribution in [1.82, 2.24) is 0 Å². The Bertz CT molecular complexity index is 306. The lowest BCUT2D eigenvalue weighted by Gasteiger charge is -2.30. The van der Waals surface area contributed by atoms with Crippen LogP contribution in [0.25, 0.3) is 0 Å². The summed E-state index contributed by atoms with van der Waals surface area (Å²) in [6.07, 6.45) is 1.35. The Hall–Kier alpha value is -0.360. The molecule has 0 aliphatic rings. The van der Waals surface area contributed by atoms with Gasteiger partial charge in [-0.1, -0.05) is 49.5 Å². The maximum Gasteiger partial charge on any atom is 0.0771 e. The highest BCUT2D eigenvalue weighted by Gasteiger charge is 2.29. The van der Waals surface area contributed by atoms with Crippen LogP contribution in [0.2, 0.25) is 0 Å². The molecule has 0 aliphatic carbocycles. The van der Waals surface area contributed by atoms with Gasteiger partial charge in [0.05, 0.1) is 70.7 Å². The summed E-state index contributed by atoms with van der Waals surface area (Å²) in [7, 11) is 0. The molecular formula is C24H58O9. The first-order valence-electron chi connectivity index (χ1n) is 11.4. The van der Waals surface area contributed by atoms with Crippen molar-refractivity contribution < 1.29 is 45.2 Å². The van der Waals surface area contributed by atoms with Crippen LogP contribution < -0.4 is 0 Å². The topological polar surface area (TPSA) is 160 Å². The lowest BCUT2D eigenvalue weighted by Crippen LogP contribution is -2.37. The van der Waals surface area contributed by atoms with Crippen molar-refractivity contribution >= 4 is 0 Å². The first kappa shape index (κ1) is 42.8. The second-order valence-corrected chi connectivity index (χ2v) is 7.66. The van der Waals surface area contributed by atoms with E-state index in [1.165, 1.54) is 0 Å². The second kappa shape index (κ2) is 29.7. The summed E-state index contributed by atoms with van der Waals surface area (Å²) in [5.74, 6) is 0. The molecule has 0 aromatic heterocycles. The molecule has 9 heteroatoms. The van der Waals surface area contributed by atoms with E-state index in [-0.39, 0.29) is 47.9 Å². The summed E-state index contributed by atoms with van der Waals surface area (Å²) in [6.45, 7) is 10.4. The third-order valence-corrected chi connectivity index (χ3v) is 4.83. The van der Waals surface area contributed by atoms with Gasteiger partial charge < -0.3 is 45.2 Å². The van der Waals surface area contributed by atoms with Crippen molar-refractivity contribution in [3.8, 4) is 0 Å². The van der Waals surface area contributed by atoms with Gasteiger partial charge in [0.1, 0.15) is 0 Å². The number of rotatable bonds is 16. The largest absolute Gasteiger partial charge is 0.396 e. The Balaban J connectivity index is -0.000000155.